The molecule has 0 radical (unpaired) electrons. The highest BCUT2D eigenvalue weighted by molar-refractivity contribution is 6.30. The summed E-state index contributed by atoms with van der Waals surface area (Å²) in [5, 5.41) is 5.60. The van der Waals surface area contributed by atoms with Crippen molar-refractivity contribution in [3.8, 4) is 0 Å². The van der Waals surface area contributed by atoms with Crippen molar-refractivity contribution in [2.75, 3.05) is 0 Å². The van der Waals surface area contributed by atoms with Gasteiger partial charge in [-0.05, 0) is 30.0 Å². The second-order valence-electron chi connectivity index (χ2n) is 5.92. The van der Waals surface area contributed by atoms with Crippen molar-refractivity contribution < 1.29 is 9.59 Å². The molecule has 2 N–H and O–H groups in total. The van der Waals surface area contributed by atoms with Crippen LogP contribution < -0.4 is 10.6 Å². The van der Waals surface area contributed by atoms with Crippen LogP contribution in [0.3, 0.4) is 0 Å². The van der Waals surface area contributed by atoms with E-state index in [-0.39, 0.29) is 6.04 Å². The number of nitrogens with one attached hydrogen (secondary N) is 2. The summed E-state index contributed by atoms with van der Waals surface area (Å²) in [5.41, 5.74) is 0.968. The Morgan fingerprint density at radius 1 is 1.32 bits per heavy atom. The molecule has 22 heavy (non-hydrogen) atoms. The summed E-state index contributed by atoms with van der Waals surface area (Å²) >= 11 is 6.03. The van der Waals surface area contributed by atoms with Crippen LogP contribution in [0.25, 0.3) is 0 Å². The number of benzene rings is 1. The van der Waals surface area contributed by atoms with Gasteiger partial charge in [-0.1, -0.05) is 62.3 Å². The van der Waals surface area contributed by atoms with Gasteiger partial charge in [0.15, 0.2) is 0 Å². The normalized spacial score (nSPS) is 15.1. The van der Waals surface area contributed by atoms with Crippen molar-refractivity contribution in [1.82, 2.24) is 10.6 Å². The Balaban J connectivity index is 1.85. The number of carbonyl (C=O) groups is 2. The lowest BCUT2D eigenvalue weighted by Crippen LogP contribution is -2.37. The van der Waals surface area contributed by atoms with Crippen LogP contribution in [-0.2, 0) is 4.79 Å². The van der Waals surface area contributed by atoms with Crippen LogP contribution in [0.2, 0.25) is 5.02 Å². The van der Waals surface area contributed by atoms with Gasteiger partial charge in [-0.3, -0.25) is 10.1 Å². The Hall–Kier alpha value is -1.55. The number of rotatable bonds is 9. The summed E-state index contributed by atoms with van der Waals surface area (Å²) in [5.74, 6) is 0.972. The molecule has 1 aliphatic rings. The zero-order valence-electron chi connectivity index (χ0n) is 12.7. The summed E-state index contributed by atoms with van der Waals surface area (Å²) < 4.78 is 0. The van der Waals surface area contributed by atoms with Crippen LogP contribution in [0.4, 0.5) is 4.79 Å². The SMILES string of the molecule is O=CNC(=O)NC(CCCCCC1CC1)c1cccc(Cl)c1. The number of amides is 3. The Kier molecular flexibility index (Phi) is 6.72. The van der Waals surface area contributed by atoms with Gasteiger partial charge in [0.05, 0.1) is 6.04 Å². The molecule has 3 amide bonds. The maximum absolute atomic E-state index is 11.6. The zero-order chi connectivity index (χ0) is 15.8. The number of carbonyl (C=O) groups excluding carboxylic acids is 2. The monoisotopic (exact) mass is 322 g/mol. The van der Waals surface area contributed by atoms with Crippen LogP contribution in [0.5, 0.6) is 0 Å². The van der Waals surface area contributed by atoms with Crippen molar-refractivity contribution in [3.63, 3.8) is 0 Å². The third kappa shape index (κ3) is 6.06. The van der Waals surface area contributed by atoms with Gasteiger partial charge in [0.2, 0.25) is 6.41 Å². The molecule has 1 aromatic rings. The van der Waals surface area contributed by atoms with Crippen molar-refractivity contribution in [3.05, 3.63) is 34.9 Å². The van der Waals surface area contributed by atoms with Crippen molar-refractivity contribution >= 4 is 24.0 Å². The molecule has 4 nitrogen and oxygen atoms in total. The van der Waals surface area contributed by atoms with Crippen LogP contribution in [-0.4, -0.2) is 12.4 Å². The average molecular weight is 323 g/mol. The van der Waals surface area contributed by atoms with Gasteiger partial charge in [-0.15, -0.1) is 0 Å². The zero-order valence-corrected chi connectivity index (χ0v) is 13.4. The highest BCUT2D eigenvalue weighted by atomic mass is 35.5. The largest absolute Gasteiger partial charge is 0.331 e. The standard InChI is InChI=1S/C17H23ClN2O2/c18-15-7-4-6-14(11-15)16(20-17(22)19-12-21)8-3-1-2-5-13-9-10-13/h4,6-7,11-13,16H,1-3,5,8-10H2,(H2,19,20,21,22). The number of imide groups is 1. The van der Waals surface area contributed by atoms with Crippen LogP contribution in [0.15, 0.2) is 24.3 Å². The molecular weight excluding hydrogens is 300 g/mol. The predicted molar refractivity (Wildman–Crippen MR) is 87.7 cm³/mol. The van der Waals surface area contributed by atoms with E-state index in [1.165, 1.54) is 32.1 Å². The third-order valence-corrected chi connectivity index (χ3v) is 4.28. The fourth-order valence-electron chi connectivity index (χ4n) is 2.66. The summed E-state index contributed by atoms with van der Waals surface area (Å²) in [6, 6.07) is 6.89. The fourth-order valence-corrected chi connectivity index (χ4v) is 2.86. The van der Waals surface area contributed by atoms with Crippen LogP contribution in [0.1, 0.15) is 56.6 Å². The number of halogens is 1. The lowest BCUT2D eigenvalue weighted by Gasteiger charge is -2.19. The lowest BCUT2D eigenvalue weighted by molar-refractivity contribution is -0.108. The molecule has 5 heteroatoms. The molecule has 0 heterocycles. The molecule has 2 rings (SSSR count). The van der Waals surface area contributed by atoms with Crippen LogP contribution >= 0.6 is 11.6 Å². The average Bonchev–Trinajstić information content (AvgIpc) is 3.30. The minimum Gasteiger partial charge on any atom is -0.331 e. The Morgan fingerprint density at radius 2 is 2.14 bits per heavy atom. The Labute approximate surface area is 136 Å². The Morgan fingerprint density at radius 3 is 2.82 bits per heavy atom. The number of urea groups is 1. The molecule has 0 spiro atoms. The minimum atomic E-state index is -0.474. The summed E-state index contributed by atoms with van der Waals surface area (Å²) in [6.07, 6.45) is 8.85. The Bertz CT molecular complexity index is 503. The van der Waals surface area contributed by atoms with E-state index >= 15 is 0 Å². The van der Waals surface area contributed by atoms with E-state index in [4.69, 9.17) is 11.6 Å². The first-order chi connectivity index (χ1) is 10.7. The number of unbranched alkanes of at least 4 members (excludes halogenated alkanes) is 2. The van der Waals surface area contributed by atoms with Gasteiger partial charge in [0, 0.05) is 5.02 Å². The van der Waals surface area contributed by atoms with E-state index in [0.717, 1.165) is 24.3 Å². The first-order valence-corrected chi connectivity index (χ1v) is 8.33. The van der Waals surface area contributed by atoms with Crippen LogP contribution in [0, 0.1) is 5.92 Å². The molecule has 1 unspecified atom stereocenters. The molecule has 1 aliphatic carbocycles. The van der Waals surface area contributed by atoms with Gasteiger partial charge in [0.25, 0.3) is 0 Å². The second-order valence-corrected chi connectivity index (χ2v) is 6.36. The van der Waals surface area contributed by atoms with Gasteiger partial charge in [-0.25, -0.2) is 4.79 Å². The van der Waals surface area contributed by atoms with E-state index in [0.29, 0.717) is 11.4 Å². The molecule has 0 aromatic heterocycles. The number of hydrogen-bond acceptors (Lipinski definition) is 2. The molecule has 1 aromatic carbocycles. The number of hydrogen-bond donors (Lipinski definition) is 2. The highest BCUT2D eigenvalue weighted by Crippen LogP contribution is 2.34. The second kappa shape index (κ2) is 8.79. The molecule has 120 valence electrons. The van der Waals surface area contributed by atoms with E-state index in [1.54, 1.807) is 0 Å². The van der Waals surface area contributed by atoms with Crippen molar-refractivity contribution in [1.29, 1.82) is 0 Å². The molecule has 1 atom stereocenters. The summed E-state index contributed by atoms with van der Waals surface area (Å²) in [7, 11) is 0. The first kappa shape index (κ1) is 16.8. The molecule has 0 saturated heterocycles. The van der Waals surface area contributed by atoms with Crippen molar-refractivity contribution in [2.45, 2.75) is 51.0 Å². The minimum absolute atomic E-state index is 0.125. The summed E-state index contributed by atoms with van der Waals surface area (Å²) in [4.78, 5) is 22.0. The van der Waals surface area contributed by atoms with Gasteiger partial charge in [0.1, 0.15) is 0 Å². The molecular formula is C17H23ClN2O2. The quantitative estimate of drug-likeness (QED) is 0.529. The third-order valence-electron chi connectivity index (χ3n) is 4.05. The van der Waals surface area contributed by atoms with E-state index < -0.39 is 6.03 Å². The first-order valence-electron chi connectivity index (χ1n) is 7.95. The predicted octanol–water partition coefficient (Wildman–Crippen LogP) is 4.20. The van der Waals surface area contributed by atoms with E-state index in [2.05, 4.69) is 10.6 Å². The maximum Gasteiger partial charge on any atom is 0.321 e. The van der Waals surface area contributed by atoms with Gasteiger partial charge < -0.3 is 5.32 Å². The lowest BCUT2D eigenvalue weighted by atomic mass is 9.99. The maximum atomic E-state index is 11.6. The summed E-state index contributed by atoms with van der Waals surface area (Å²) in [6.45, 7) is 0. The fraction of sp³-hybridized carbons (Fsp3) is 0.529. The smallest absolute Gasteiger partial charge is 0.321 e. The topological polar surface area (TPSA) is 58.2 Å². The van der Waals surface area contributed by atoms with Gasteiger partial charge >= 0.3 is 6.03 Å². The van der Waals surface area contributed by atoms with E-state index in [1.807, 2.05) is 24.3 Å². The molecule has 0 bridgehead atoms. The molecule has 1 saturated carbocycles. The highest BCUT2D eigenvalue weighted by Gasteiger charge is 2.20. The molecule has 1 fully saturated rings. The van der Waals surface area contributed by atoms with Gasteiger partial charge in [-0.2, -0.15) is 0 Å². The molecule has 0 aliphatic heterocycles. The van der Waals surface area contributed by atoms with E-state index in [9.17, 15) is 9.59 Å². The van der Waals surface area contributed by atoms with Crippen molar-refractivity contribution in [2.24, 2.45) is 5.92 Å².